The molecule has 23 heavy (non-hydrogen) atoms. The molecule has 1 aliphatic carbocycles. The Morgan fingerprint density at radius 3 is 2.17 bits per heavy atom. The van der Waals surface area contributed by atoms with Gasteiger partial charge < -0.3 is 4.74 Å². The topological polar surface area (TPSA) is 35.0 Å². The van der Waals surface area contributed by atoms with Crippen LogP contribution in [0.4, 0.5) is 0 Å². The van der Waals surface area contributed by atoms with Crippen molar-refractivity contribution in [3.8, 4) is 17.1 Å². The Morgan fingerprint density at radius 2 is 1.61 bits per heavy atom. The summed E-state index contributed by atoms with van der Waals surface area (Å²) in [6.45, 7) is 4.98. The molecule has 0 atom stereocenters. The molecule has 1 saturated carbocycles. The smallest absolute Gasteiger partial charge is 0.159 e. The molecule has 2 aromatic rings. The molecule has 0 radical (unpaired) electrons. The number of nitrogens with zero attached hydrogens (tertiary/aromatic N) is 2. The standard InChI is InChI=1S/C20H26N2O/c1-3-15-5-7-16(8-6-15)18-13-21-20(22-14-18)17-9-11-19(12-10-17)23-4-2/h9-16H,3-8H2,1-2H3. The second-order valence-electron chi connectivity index (χ2n) is 6.42. The van der Waals surface area contributed by atoms with E-state index in [-0.39, 0.29) is 0 Å². The molecule has 122 valence electrons. The van der Waals surface area contributed by atoms with Gasteiger partial charge in [-0.05, 0) is 74.3 Å². The third kappa shape index (κ3) is 3.90. The highest BCUT2D eigenvalue weighted by atomic mass is 16.5. The summed E-state index contributed by atoms with van der Waals surface area (Å²) >= 11 is 0. The maximum absolute atomic E-state index is 5.47. The van der Waals surface area contributed by atoms with Crippen molar-refractivity contribution in [1.82, 2.24) is 9.97 Å². The van der Waals surface area contributed by atoms with Crippen LogP contribution in [0.25, 0.3) is 11.4 Å². The molecule has 3 rings (SSSR count). The van der Waals surface area contributed by atoms with E-state index in [0.717, 1.165) is 23.1 Å². The fourth-order valence-electron chi connectivity index (χ4n) is 3.47. The van der Waals surface area contributed by atoms with Crippen LogP contribution in [-0.4, -0.2) is 16.6 Å². The zero-order valence-corrected chi connectivity index (χ0v) is 14.2. The Kier molecular flexibility index (Phi) is 5.27. The monoisotopic (exact) mass is 310 g/mol. The molecule has 0 spiro atoms. The van der Waals surface area contributed by atoms with Crippen LogP contribution in [0.1, 0.15) is 57.4 Å². The van der Waals surface area contributed by atoms with Gasteiger partial charge in [0, 0.05) is 18.0 Å². The SMILES string of the molecule is CCOc1ccc(-c2ncc(C3CCC(CC)CC3)cn2)cc1. The summed E-state index contributed by atoms with van der Waals surface area (Å²) in [6, 6.07) is 7.99. The highest BCUT2D eigenvalue weighted by Crippen LogP contribution is 2.36. The fraction of sp³-hybridized carbons (Fsp3) is 0.500. The van der Waals surface area contributed by atoms with Gasteiger partial charge in [0.2, 0.25) is 0 Å². The van der Waals surface area contributed by atoms with Crippen LogP contribution in [0.15, 0.2) is 36.7 Å². The van der Waals surface area contributed by atoms with E-state index in [1.54, 1.807) is 0 Å². The summed E-state index contributed by atoms with van der Waals surface area (Å²) in [5.41, 5.74) is 2.34. The Hall–Kier alpha value is -1.90. The second-order valence-corrected chi connectivity index (χ2v) is 6.42. The molecular weight excluding hydrogens is 284 g/mol. The van der Waals surface area contributed by atoms with Crippen molar-refractivity contribution in [3.05, 3.63) is 42.2 Å². The molecule has 0 bridgehead atoms. The first-order chi connectivity index (χ1) is 11.3. The van der Waals surface area contributed by atoms with Gasteiger partial charge in [-0.1, -0.05) is 13.3 Å². The lowest BCUT2D eigenvalue weighted by molar-refractivity contribution is 0.318. The third-order valence-electron chi connectivity index (χ3n) is 4.99. The van der Waals surface area contributed by atoms with Gasteiger partial charge in [-0.3, -0.25) is 0 Å². The minimum atomic E-state index is 0.646. The molecule has 3 heteroatoms. The zero-order valence-electron chi connectivity index (χ0n) is 14.2. The van der Waals surface area contributed by atoms with Gasteiger partial charge in [0.15, 0.2) is 5.82 Å². The van der Waals surface area contributed by atoms with E-state index in [2.05, 4.69) is 16.9 Å². The summed E-state index contributed by atoms with van der Waals surface area (Å²) in [5.74, 6) is 3.25. The van der Waals surface area contributed by atoms with Crippen LogP contribution in [-0.2, 0) is 0 Å². The molecule has 0 amide bonds. The number of aromatic nitrogens is 2. The lowest BCUT2D eigenvalue weighted by atomic mass is 9.78. The normalized spacial score (nSPS) is 21.1. The highest BCUT2D eigenvalue weighted by Gasteiger charge is 2.21. The van der Waals surface area contributed by atoms with Gasteiger partial charge in [-0.25, -0.2) is 9.97 Å². The first-order valence-electron chi connectivity index (χ1n) is 8.85. The average molecular weight is 310 g/mol. The van der Waals surface area contributed by atoms with Crippen molar-refractivity contribution in [2.45, 2.75) is 51.9 Å². The van der Waals surface area contributed by atoms with Crippen LogP contribution in [0, 0.1) is 5.92 Å². The van der Waals surface area contributed by atoms with Crippen molar-refractivity contribution in [3.63, 3.8) is 0 Å². The Morgan fingerprint density at radius 1 is 0.957 bits per heavy atom. The van der Waals surface area contributed by atoms with Gasteiger partial charge in [0.1, 0.15) is 5.75 Å². The Labute approximate surface area is 139 Å². The molecule has 3 nitrogen and oxygen atoms in total. The predicted molar refractivity (Wildman–Crippen MR) is 93.6 cm³/mol. The Balaban J connectivity index is 1.67. The van der Waals surface area contributed by atoms with Gasteiger partial charge in [0.05, 0.1) is 6.61 Å². The molecule has 0 unspecified atom stereocenters. The van der Waals surface area contributed by atoms with Gasteiger partial charge in [0.25, 0.3) is 0 Å². The van der Waals surface area contributed by atoms with Crippen molar-refractivity contribution in [1.29, 1.82) is 0 Å². The molecule has 1 aromatic heterocycles. The molecule has 0 aliphatic heterocycles. The number of rotatable bonds is 5. The van der Waals surface area contributed by atoms with Gasteiger partial charge >= 0.3 is 0 Å². The number of ether oxygens (including phenoxy) is 1. The van der Waals surface area contributed by atoms with Crippen LogP contribution in [0.2, 0.25) is 0 Å². The predicted octanol–water partition coefficient (Wildman–Crippen LogP) is 5.23. The van der Waals surface area contributed by atoms with E-state index in [1.807, 2.05) is 43.6 Å². The zero-order chi connectivity index (χ0) is 16.1. The maximum Gasteiger partial charge on any atom is 0.159 e. The van der Waals surface area contributed by atoms with E-state index < -0.39 is 0 Å². The van der Waals surface area contributed by atoms with Crippen molar-refractivity contribution in [2.75, 3.05) is 6.61 Å². The first kappa shape index (κ1) is 16.0. The lowest BCUT2D eigenvalue weighted by Crippen LogP contribution is -2.13. The van der Waals surface area contributed by atoms with E-state index in [0.29, 0.717) is 12.5 Å². The maximum atomic E-state index is 5.47. The molecular formula is C20H26N2O. The average Bonchev–Trinajstić information content (AvgIpc) is 2.63. The minimum absolute atomic E-state index is 0.646. The fourth-order valence-corrected chi connectivity index (χ4v) is 3.47. The molecule has 0 N–H and O–H groups in total. The quantitative estimate of drug-likeness (QED) is 0.759. The summed E-state index contributed by atoms with van der Waals surface area (Å²) in [6.07, 6.45) is 10.6. The number of hydrogen-bond donors (Lipinski definition) is 0. The van der Waals surface area contributed by atoms with Crippen LogP contribution in [0.3, 0.4) is 0 Å². The highest BCUT2D eigenvalue weighted by molar-refractivity contribution is 5.55. The van der Waals surface area contributed by atoms with E-state index >= 15 is 0 Å². The number of benzene rings is 1. The Bertz CT molecular complexity index is 599. The van der Waals surface area contributed by atoms with Crippen molar-refractivity contribution in [2.24, 2.45) is 5.92 Å². The summed E-state index contributed by atoms with van der Waals surface area (Å²) in [4.78, 5) is 9.17. The van der Waals surface area contributed by atoms with E-state index in [9.17, 15) is 0 Å². The van der Waals surface area contributed by atoms with E-state index in [1.165, 1.54) is 37.7 Å². The van der Waals surface area contributed by atoms with E-state index in [4.69, 9.17) is 4.74 Å². The third-order valence-corrected chi connectivity index (χ3v) is 4.99. The molecule has 1 aliphatic rings. The second kappa shape index (κ2) is 7.58. The van der Waals surface area contributed by atoms with Crippen molar-refractivity contribution >= 4 is 0 Å². The summed E-state index contributed by atoms with van der Waals surface area (Å²) < 4.78 is 5.47. The largest absolute Gasteiger partial charge is 0.494 e. The first-order valence-corrected chi connectivity index (χ1v) is 8.85. The van der Waals surface area contributed by atoms with Crippen LogP contribution >= 0.6 is 0 Å². The van der Waals surface area contributed by atoms with Gasteiger partial charge in [-0.2, -0.15) is 0 Å². The van der Waals surface area contributed by atoms with Gasteiger partial charge in [-0.15, -0.1) is 0 Å². The molecule has 0 saturated heterocycles. The van der Waals surface area contributed by atoms with Crippen LogP contribution in [0.5, 0.6) is 5.75 Å². The summed E-state index contributed by atoms with van der Waals surface area (Å²) in [7, 11) is 0. The van der Waals surface area contributed by atoms with Crippen molar-refractivity contribution < 1.29 is 4.74 Å². The lowest BCUT2D eigenvalue weighted by Gasteiger charge is -2.27. The molecule has 1 fully saturated rings. The molecule has 1 heterocycles. The minimum Gasteiger partial charge on any atom is -0.494 e. The number of hydrogen-bond acceptors (Lipinski definition) is 3. The molecule has 1 aromatic carbocycles. The van der Waals surface area contributed by atoms with Crippen LogP contribution < -0.4 is 4.74 Å². The summed E-state index contributed by atoms with van der Waals surface area (Å²) in [5, 5.41) is 0.